The van der Waals surface area contributed by atoms with Crippen molar-refractivity contribution in [3.63, 3.8) is 0 Å². The Morgan fingerprint density at radius 1 is 1.17 bits per heavy atom. The van der Waals surface area contributed by atoms with Crippen molar-refractivity contribution in [1.82, 2.24) is 25.1 Å². The van der Waals surface area contributed by atoms with E-state index in [1.807, 2.05) is 12.1 Å². The predicted molar refractivity (Wildman–Crippen MR) is 113 cm³/mol. The summed E-state index contributed by atoms with van der Waals surface area (Å²) in [5.74, 6) is 2.18. The van der Waals surface area contributed by atoms with Crippen LogP contribution in [0.15, 0.2) is 35.4 Å². The molecule has 4 aromatic heterocycles. The SMILES string of the molecule is CC(C)C(Nc1ncnc2sc3c(c12)CCCC3)c1nc(-c2cccnc2)no1. The van der Waals surface area contributed by atoms with Crippen LogP contribution in [0.4, 0.5) is 5.82 Å². The Labute approximate surface area is 172 Å². The minimum absolute atomic E-state index is 0.148. The molecule has 0 radical (unpaired) electrons. The van der Waals surface area contributed by atoms with Gasteiger partial charge in [-0.05, 0) is 49.3 Å². The average Bonchev–Trinajstić information content (AvgIpc) is 3.37. The summed E-state index contributed by atoms with van der Waals surface area (Å²) in [7, 11) is 0. The highest BCUT2D eigenvalue weighted by molar-refractivity contribution is 7.19. The molecule has 8 heteroatoms. The number of aryl methyl sites for hydroxylation is 2. The highest BCUT2D eigenvalue weighted by atomic mass is 32.1. The first-order chi connectivity index (χ1) is 14.2. The molecule has 4 aromatic rings. The quantitative estimate of drug-likeness (QED) is 0.508. The number of anilines is 1. The zero-order valence-electron chi connectivity index (χ0n) is 16.4. The second-order valence-corrected chi connectivity index (χ2v) is 8.76. The molecule has 148 valence electrons. The Hall–Kier alpha value is -2.87. The van der Waals surface area contributed by atoms with E-state index in [0.717, 1.165) is 34.4 Å². The number of nitrogens with zero attached hydrogens (tertiary/aromatic N) is 5. The monoisotopic (exact) mass is 406 g/mol. The van der Waals surface area contributed by atoms with Gasteiger partial charge in [-0.25, -0.2) is 9.97 Å². The zero-order valence-corrected chi connectivity index (χ0v) is 17.2. The number of hydrogen-bond donors (Lipinski definition) is 1. The molecule has 0 bridgehead atoms. The van der Waals surface area contributed by atoms with E-state index in [0.29, 0.717) is 11.7 Å². The van der Waals surface area contributed by atoms with Crippen LogP contribution >= 0.6 is 11.3 Å². The van der Waals surface area contributed by atoms with Gasteiger partial charge in [-0.1, -0.05) is 19.0 Å². The van der Waals surface area contributed by atoms with Crippen LogP contribution in [0, 0.1) is 5.92 Å². The van der Waals surface area contributed by atoms with Gasteiger partial charge in [0.05, 0.1) is 5.39 Å². The maximum Gasteiger partial charge on any atom is 0.249 e. The lowest BCUT2D eigenvalue weighted by atomic mass is 9.96. The first kappa shape index (κ1) is 18.2. The fourth-order valence-corrected chi connectivity index (χ4v) is 5.06. The summed E-state index contributed by atoms with van der Waals surface area (Å²) in [5, 5.41) is 8.90. The molecule has 29 heavy (non-hydrogen) atoms. The number of pyridine rings is 1. The maximum absolute atomic E-state index is 5.63. The van der Waals surface area contributed by atoms with E-state index in [1.54, 1.807) is 30.1 Å². The Kier molecular flexibility index (Phi) is 4.71. The van der Waals surface area contributed by atoms with E-state index in [9.17, 15) is 0 Å². The first-order valence-electron chi connectivity index (χ1n) is 9.96. The highest BCUT2D eigenvalue weighted by Gasteiger charge is 2.26. The van der Waals surface area contributed by atoms with Crippen LogP contribution in [0.3, 0.4) is 0 Å². The molecule has 1 aliphatic rings. The molecule has 4 heterocycles. The van der Waals surface area contributed by atoms with Gasteiger partial charge < -0.3 is 9.84 Å². The van der Waals surface area contributed by atoms with E-state index < -0.39 is 0 Å². The highest BCUT2D eigenvalue weighted by Crippen LogP contribution is 2.39. The number of aromatic nitrogens is 5. The standard InChI is InChI=1S/C21H22N6OS/c1-12(2)17(20-26-18(27-28-20)13-6-5-9-22-10-13)25-19-16-14-7-3-4-8-15(14)29-21(16)24-11-23-19/h5-6,9-12,17H,3-4,7-8H2,1-2H3,(H,23,24,25). The van der Waals surface area contributed by atoms with Gasteiger partial charge in [0.2, 0.25) is 11.7 Å². The minimum atomic E-state index is -0.148. The molecule has 0 aromatic carbocycles. The van der Waals surface area contributed by atoms with Crippen molar-refractivity contribution in [3.8, 4) is 11.4 Å². The summed E-state index contributed by atoms with van der Waals surface area (Å²) in [5.41, 5.74) is 2.24. The van der Waals surface area contributed by atoms with Gasteiger partial charge in [0, 0.05) is 22.8 Å². The number of hydrogen-bond acceptors (Lipinski definition) is 8. The molecule has 0 fully saturated rings. The second kappa shape index (κ2) is 7.51. The molecular weight excluding hydrogens is 384 g/mol. The van der Waals surface area contributed by atoms with Crippen LogP contribution in [0.1, 0.15) is 49.1 Å². The van der Waals surface area contributed by atoms with Crippen molar-refractivity contribution in [3.05, 3.63) is 47.2 Å². The Bertz CT molecular complexity index is 1140. The lowest BCUT2D eigenvalue weighted by Crippen LogP contribution is -2.18. The normalized spacial score (nSPS) is 14.9. The Morgan fingerprint density at radius 2 is 2.07 bits per heavy atom. The van der Waals surface area contributed by atoms with Crippen molar-refractivity contribution >= 4 is 27.4 Å². The number of rotatable bonds is 5. The lowest BCUT2D eigenvalue weighted by molar-refractivity contribution is 0.336. The Morgan fingerprint density at radius 3 is 2.90 bits per heavy atom. The molecule has 1 N–H and O–H groups in total. The summed E-state index contributed by atoms with van der Waals surface area (Å²) in [6, 6.07) is 3.64. The summed E-state index contributed by atoms with van der Waals surface area (Å²) in [6.45, 7) is 4.26. The van der Waals surface area contributed by atoms with Crippen LogP contribution in [-0.4, -0.2) is 25.1 Å². The number of fused-ring (bicyclic) bond motifs is 3. The smallest absolute Gasteiger partial charge is 0.249 e. The number of nitrogens with one attached hydrogen (secondary N) is 1. The van der Waals surface area contributed by atoms with Gasteiger partial charge in [-0.3, -0.25) is 4.98 Å². The van der Waals surface area contributed by atoms with Gasteiger partial charge in [-0.15, -0.1) is 11.3 Å². The van der Waals surface area contributed by atoms with E-state index in [4.69, 9.17) is 4.52 Å². The van der Waals surface area contributed by atoms with Gasteiger partial charge >= 0.3 is 0 Å². The lowest BCUT2D eigenvalue weighted by Gasteiger charge is -2.20. The fraction of sp³-hybridized carbons (Fsp3) is 0.381. The third-order valence-electron chi connectivity index (χ3n) is 5.34. The minimum Gasteiger partial charge on any atom is -0.358 e. The maximum atomic E-state index is 5.63. The second-order valence-electron chi connectivity index (χ2n) is 7.68. The predicted octanol–water partition coefficient (Wildman–Crippen LogP) is 4.82. The summed E-state index contributed by atoms with van der Waals surface area (Å²) < 4.78 is 5.63. The first-order valence-corrected chi connectivity index (χ1v) is 10.8. The van der Waals surface area contributed by atoms with Gasteiger partial charge in [-0.2, -0.15) is 4.98 Å². The molecule has 0 saturated heterocycles. The van der Waals surface area contributed by atoms with Crippen molar-refractivity contribution < 1.29 is 4.52 Å². The van der Waals surface area contributed by atoms with E-state index in [-0.39, 0.29) is 12.0 Å². The summed E-state index contributed by atoms with van der Waals surface area (Å²) in [4.78, 5) is 20.4. The third kappa shape index (κ3) is 3.37. The van der Waals surface area contributed by atoms with Crippen LogP contribution < -0.4 is 5.32 Å². The molecule has 1 unspecified atom stereocenters. The van der Waals surface area contributed by atoms with Gasteiger partial charge in [0.1, 0.15) is 23.0 Å². The van der Waals surface area contributed by atoms with Crippen molar-refractivity contribution in [1.29, 1.82) is 0 Å². The van der Waals surface area contributed by atoms with Crippen LogP contribution in [0.25, 0.3) is 21.6 Å². The van der Waals surface area contributed by atoms with Crippen molar-refractivity contribution in [2.75, 3.05) is 5.32 Å². The van der Waals surface area contributed by atoms with Gasteiger partial charge in [0.25, 0.3) is 0 Å². The van der Waals surface area contributed by atoms with E-state index >= 15 is 0 Å². The molecular formula is C21H22N6OS. The van der Waals surface area contributed by atoms with Crippen molar-refractivity contribution in [2.45, 2.75) is 45.6 Å². The third-order valence-corrected chi connectivity index (χ3v) is 6.54. The molecule has 0 amide bonds. The summed E-state index contributed by atoms with van der Waals surface area (Å²) in [6.07, 6.45) is 9.81. The molecule has 1 aliphatic carbocycles. The molecule has 0 saturated carbocycles. The zero-order chi connectivity index (χ0) is 19.8. The topological polar surface area (TPSA) is 89.6 Å². The van der Waals surface area contributed by atoms with Crippen LogP contribution in [-0.2, 0) is 12.8 Å². The van der Waals surface area contributed by atoms with E-state index in [1.165, 1.54) is 23.3 Å². The fourth-order valence-electron chi connectivity index (χ4n) is 3.83. The van der Waals surface area contributed by atoms with E-state index in [2.05, 4.69) is 44.3 Å². The number of thiophene rings is 1. The Balaban J connectivity index is 1.51. The molecule has 1 atom stereocenters. The largest absolute Gasteiger partial charge is 0.358 e. The molecule has 0 spiro atoms. The van der Waals surface area contributed by atoms with Crippen LogP contribution in [0.5, 0.6) is 0 Å². The van der Waals surface area contributed by atoms with Crippen molar-refractivity contribution in [2.24, 2.45) is 5.92 Å². The molecule has 0 aliphatic heterocycles. The van der Waals surface area contributed by atoms with Crippen LogP contribution in [0.2, 0.25) is 0 Å². The summed E-state index contributed by atoms with van der Waals surface area (Å²) >= 11 is 1.80. The molecule has 7 nitrogen and oxygen atoms in total. The molecule has 5 rings (SSSR count). The van der Waals surface area contributed by atoms with Gasteiger partial charge in [0.15, 0.2) is 0 Å². The average molecular weight is 407 g/mol.